The lowest BCUT2D eigenvalue weighted by Gasteiger charge is -2.10. The Bertz CT molecular complexity index is 947. The minimum absolute atomic E-state index is 0.427. The molecule has 2 aromatic carbocycles. The highest BCUT2D eigenvalue weighted by Gasteiger charge is 2.20. The van der Waals surface area contributed by atoms with Gasteiger partial charge in [0, 0.05) is 11.8 Å². The standard InChI is InChI=1S/C18H12F2N4O/c19-13-6-7-16(20)15(8-13)18(25)23-17(9-21)12-10-22-24(11-12)14-4-2-1-3-5-14/h1-8,10-11,17H,(H,23,25). The van der Waals surface area contributed by atoms with Crippen LogP contribution in [0.4, 0.5) is 8.78 Å². The number of carbonyl (C=O) groups is 1. The van der Waals surface area contributed by atoms with E-state index in [-0.39, 0.29) is 0 Å². The molecule has 3 aromatic rings. The summed E-state index contributed by atoms with van der Waals surface area (Å²) in [7, 11) is 0. The lowest BCUT2D eigenvalue weighted by molar-refractivity contribution is 0.0940. The molecule has 124 valence electrons. The molecule has 0 bridgehead atoms. The van der Waals surface area contributed by atoms with E-state index < -0.39 is 29.1 Å². The maximum absolute atomic E-state index is 13.7. The SMILES string of the molecule is N#CC(NC(=O)c1cc(F)ccc1F)c1cnn(-c2ccccc2)c1. The molecule has 0 saturated heterocycles. The number of benzene rings is 2. The maximum Gasteiger partial charge on any atom is 0.255 e. The molecule has 1 N–H and O–H groups in total. The van der Waals surface area contributed by atoms with E-state index in [2.05, 4.69) is 10.4 Å². The van der Waals surface area contributed by atoms with Gasteiger partial charge in [0.2, 0.25) is 0 Å². The Morgan fingerprint density at radius 1 is 1.20 bits per heavy atom. The predicted octanol–water partition coefficient (Wildman–Crippen LogP) is 3.15. The molecule has 0 aliphatic carbocycles. The summed E-state index contributed by atoms with van der Waals surface area (Å²) < 4.78 is 28.4. The predicted molar refractivity (Wildman–Crippen MR) is 85.7 cm³/mol. The van der Waals surface area contributed by atoms with Gasteiger partial charge in [-0.2, -0.15) is 10.4 Å². The van der Waals surface area contributed by atoms with Gasteiger partial charge in [-0.15, -0.1) is 0 Å². The molecule has 25 heavy (non-hydrogen) atoms. The summed E-state index contributed by atoms with van der Waals surface area (Å²) in [5.41, 5.74) is 0.750. The number of carbonyl (C=O) groups excluding carboxylic acids is 1. The number of halogens is 2. The van der Waals surface area contributed by atoms with E-state index >= 15 is 0 Å². The van der Waals surface area contributed by atoms with Gasteiger partial charge < -0.3 is 5.32 Å². The molecule has 1 atom stereocenters. The van der Waals surface area contributed by atoms with Crippen LogP contribution in [-0.4, -0.2) is 15.7 Å². The van der Waals surface area contributed by atoms with Crippen LogP contribution in [0.1, 0.15) is 22.0 Å². The van der Waals surface area contributed by atoms with E-state index in [0.717, 1.165) is 23.9 Å². The molecule has 0 aliphatic rings. The van der Waals surface area contributed by atoms with Crippen LogP contribution in [0.2, 0.25) is 0 Å². The topological polar surface area (TPSA) is 70.7 Å². The first-order valence-electron chi connectivity index (χ1n) is 7.34. The van der Waals surface area contributed by atoms with Crippen LogP contribution >= 0.6 is 0 Å². The van der Waals surface area contributed by atoms with Crippen LogP contribution < -0.4 is 5.32 Å². The highest BCUT2D eigenvalue weighted by atomic mass is 19.1. The highest BCUT2D eigenvalue weighted by Crippen LogP contribution is 2.16. The second kappa shape index (κ2) is 6.93. The first-order valence-corrected chi connectivity index (χ1v) is 7.34. The van der Waals surface area contributed by atoms with Crippen molar-refractivity contribution in [2.45, 2.75) is 6.04 Å². The lowest BCUT2D eigenvalue weighted by Crippen LogP contribution is -2.28. The number of amides is 1. The van der Waals surface area contributed by atoms with E-state index in [1.807, 2.05) is 36.4 Å². The fraction of sp³-hybridized carbons (Fsp3) is 0.0556. The summed E-state index contributed by atoms with van der Waals surface area (Å²) in [5, 5.41) is 15.8. The third-order valence-corrected chi connectivity index (χ3v) is 3.53. The Morgan fingerprint density at radius 3 is 2.68 bits per heavy atom. The lowest BCUT2D eigenvalue weighted by atomic mass is 10.1. The zero-order valence-corrected chi connectivity index (χ0v) is 12.9. The Labute approximate surface area is 142 Å². The fourth-order valence-corrected chi connectivity index (χ4v) is 2.28. The molecule has 0 radical (unpaired) electrons. The molecule has 0 spiro atoms. The number of nitrogens with zero attached hydrogens (tertiary/aromatic N) is 3. The molecular formula is C18H12F2N4O. The smallest absolute Gasteiger partial charge is 0.255 e. The van der Waals surface area contributed by atoms with Crippen molar-refractivity contribution in [1.29, 1.82) is 5.26 Å². The number of nitrogens with one attached hydrogen (secondary N) is 1. The molecule has 3 rings (SSSR count). The van der Waals surface area contributed by atoms with E-state index in [9.17, 15) is 18.8 Å². The molecule has 1 unspecified atom stereocenters. The van der Waals surface area contributed by atoms with Gasteiger partial charge in [-0.3, -0.25) is 4.79 Å². The zero-order chi connectivity index (χ0) is 17.8. The van der Waals surface area contributed by atoms with Crippen LogP contribution in [0.3, 0.4) is 0 Å². The Kier molecular flexibility index (Phi) is 4.53. The van der Waals surface area contributed by atoms with Gasteiger partial charge >= 0.3 is 0 Å². The van der Waals surface area contributed by atoms with Gasteiger partial charge in [-0.05, 0) is 30.3 Å². The number of aromatic nitrogens is 2. The summed E-state index contributed by atoms with van der Waals surface area (Å²) in [4.78, 5) is 12.1. The van der Waals surface area contributed by atoms with Gasteiger partial charge in [0.05, 0.1) is 23.5 Å². The number of hydrogen-bond acceptors (Lipinski definition) is 3. The molecule has 0 fully saturated rings. The third-order valence-electron chi connectivity index (χ3n) is 3.53. The normalized spacial score (nSPS) is 11.6. The molecule has 1 amide bonds. The number of rotatable bonds is 4. The van der Waals surface area contributed by atoms with Crippen LogP contribution in [0.25, 0.3) is 5.69 Å². The van der Waals surface area contributed by atoms with E-state index in [1.54, 1.807) is 10.9 Å². The summed E-state index contributed by atoms with van der Waals surface area (Å²) >= 11 is 0. The number of para-hydroxylation sites is 1. The van der Waals surface area contributed by atoms with E-state index in [0.29, 0.717) is 5.56 Å². The van der Waals surface area contributed by atoms with Gasteiger partial charge in [0.1, 0.15) is 17.7 Å². The van der Waals surface area contributed by atoms with Gasteiger partial charge in [-0.25, -0.2) is 13.5 Å². The average molecular weight is 338 g/mol. The van der Waals surface area contributed by atoms with Crippen molar-refractivity contribution in [3.8, 4) is 11.8 Å². The highest BCUT2D eigenvalue weighted by molar-refractivity contribution is 5.94. The fourth-order valence-electron chi connectivity index (χ4n) is 2.28. The van der Waals surface area contributed by atoms with Crippen molar-refractivity contribution >= 4 is 5.91 Å². The summed E-state index contributed by atoms with van der Waals surface area (Å²) in [6.07, 6.45) is 3.02. The van der Waals surface area contributed by atoms with Crippen molar-refractivity contribution < 1.29 is 13.6 Å². The third kappa shape index (κ3) is 3.53. The average Bonchev–Trinajstić information content (AvgIpc) is 3.12. The van der Waals surface area contributed by atoms with Gasteiger partial charge in [0.25, 0.3) is 5.91 Å². The molecule has 0 aliphatic heterocycles. The van der Waals surface area contributed by atoms with Crippen LogP contribution in [0.5, 0.6) is 0 Å². The molecule has 1 aromatic heterocycles. The second-order valence-corrected chi connectivity index (χ2v) is 5.21. The Balaban J connectivity index is 1.82. The first-order chi connectivity index (χ1) is 12.1. The minimum atomic E-state index is -1.05. The molecule has 0 saturated carbocycles. The molecule has 1 heterocycles. The van der Waals surface area contributed by atoms with Crippen LogP contribution in [-0.2, 0) is 0 Å². The largest absolute Gasteiger partial charge is 0.332 e. The van der Waals surface area contributed by atoms with E-state index in [4.69, 9.17) is 0 Å². The minimum Gasteiger partial charge on any atom is -0.332 e. The van der Waals surface area contributed by atoms with Crippen molar-refractivity contribution in [3.05, 3.63) is 83.7 Å². The second-order valence-electron chi connectivity index (χ2n) is 5.21. The quantitative estimate of drug-likeness (QED) is 0.794. The number of hydrogen-bond donors (Lipinski definition) is 1. The Hall–Kier alpha value is -3.53. The molecular weight excluding hydrogens is 326 g/mol. The van der Waals surface area contributed by atoms with Crippen molar-refractivity contribution in [2.24, 2.45) is 0 Å². The summed E-state index contributed by atoms with van der Waals surface area (Å²) in [5.74, 6) is -2.48. The molecule has 5 nitrogen and oxygen atoms in total. The van der Waals surface area contributed by atoms with E-state index in [1.165, 1.54) is 6.20 Å². The molecule has 7 heteroatoms. The summed E-state index contributed by atoms with van der Waals surface area (Å²) in [6.45, 7) is 0. The van der Waals surface area contributed by atoms with Crippen LogP contribution in [0, 0.1) is 23.0 Å². The van der Waals surface area contributed by atoms with Gasteiger partial charge in [-0.1, -0.05) is 18.2 Å². The first kappa shape index (κ1) is 16.3. The summed E-state index contributed by atoms with van der Waals surface area (Å²) in [6, 6.07) is 12.6. The van der Waals surface area contributed by atoms with Gasteiger partial charge in [0.15, 0.2) is 0 Å². The Morgan fingerprint density at radius 2 is 1.96 bits per heavy atom. The van der Waals surface area contributed by atoms with Crippen molar-refractivity contribution in [2.75, 3.05) is 0 Å². The van der Waals surface area contributed by atoms with Crippen LogP contribution in [0.15, 0.2) is 60.9 Å². The maximum atomic E-state index is 13.7. The van der Waals surface area contributed by atoms with Crippen molar-refractivity contribution in [3.63, 3.8) is 0 Å². The number of nitriles is 1. The van der Waals surface area contributed by atoms with Crippen molar-refractivity contribution in [1.82, 2.24) is 15.1 Å². The monoisotopic (exact) mass is 338 g/mol. The zero-order valence-electron chi connectivity index (χ0n) is 12.9.